The SMILES string of the molecule is CCCNc1nc(NCC(O)CC)nc(OC)n1. The van der Waals surface area contributed by atoms with E-state index in [1.165, 1.54) is 7.11 Å². The van der Waals surface area contributed by atoms with Gasteiger partial charge in [0.15, 0.2) is 0 Å². The fraction of sp³-hybridized carbons (Fsp3) is 0.727. The molecule has 1 rings (SSSR count). The van der Waals surface area contributed by atoms with Gasteiger partial charge in [0.2, 0.25) is 11.9 Å². The Morgan fingerprint density at radius 2 is 1.83 bits per heavy atom. The van der Waals surface area contributed by atoms with Crippen LogP contribution in [0.5, 0.6) is 6.01 Å². The predicted molar refractivity (Wildman–Crippen MR) is 69.9 cm³/mol. The standard InChI is InChI=1S/C11H21N5O2/c1-4-6-12-9-14-10(13-7-8(17)5-2)16-11(15-9)18-3/h8,17H,4-7H2,1-3H3,(H2,12,13,14,15,16). The summed E-state index contributed by atoms with van der Waals surface area (Å²) >= 11 is 0. The summed E-state index contributed by atoms with van der Waals surface area (Å²) in [7, 11) is 1.50. The molecule has 1 heterocycles. The zero-order chi connectivity index (χ0) is 13.4. The van der Waals surface area contributed by atoms with Crippen molar-refractivity contribution in [3.63, 3.8) is 0 Å². The molecule has 0 saturated carbocycles. The predicted octanol–water partition coefficient (Wildman–Crippen LogP) is 0.885. The molecule has 7 nitrogen and oxygen atoms in total. The van der Waals surface area contributed by atoms with E-state index in [-0.39, 0.29) is 6.01 Å². The van der Waals surface area contributed by atoms with Crippen molar-refractivity contribution in [2.24, 2.45) is 0 Å². The number of hydrogen-bond acceptors (Lipinski definition) is 7. The molecule has 0 spiro atoms. The summed E-state index contributed by atoms with van der Waals surface area (Å²) in [6.45, 7) is 5.15. The molecule has 1 aromatic heterocycles. The molecule has 102 valence electrons. The van der Waals surface area contributed by atoms with E-state index in [1.54, 1.807) is 0 Å². The summed E-state index contributed by atoms with van der Waals surface area (Å²) in [5, 5.41) is 15.5. The lowest BCUT2D eigenvalue weighted by atomic mass is 10.3. The Morgan fingerprint density at radius 3 is 2.39 bits per heavy atom. The first kappa shape index (κ1) is 14.4. The number of methoxy groups -OCH3 is 1. The number of rotatable bonds is 8. The Hall–Kier alpha value is -1.63. The van der Waals surface area contributed by atoms with Crippen molar-refractivity contribution in [1.82, 2.24) is 15.0 Å². The molecule has 0 radical (unpaired) electrons. The number of hydrogen-bond donors (Lipinski definition) is 3. The summed E-state index contributed by atoms with van der Waals surface area (Å²) < 4.78 is 5.00. The molecule has 7 heteroatoms. The van der Waals surface area contributed by atoms with Gasteiger partial charge in [0, 0.05) is 13.1 Å². The van der Waals surface area contributed by atoms with E-state index in [9.17, 15) is 5.11 Å². The summed E-state index contributed by atoms with van der Waals surface area (Å²) in [4.78, 5) is 12.3. The topological polar surface area (TPSA) is 92.2 Å². The normalized spacial score (nSPS) is 12.0. The van der Waals surface area contributed by atoms with E-state index < -0.39 is 6.10 Å². The summed E-state index contributed by atoms with van der Waals surface area (Å²) in [6, 6.07) is 0.247. The Labute approximate surface area is 107 Å². The van der Waals surface area contributed by atoms with Crippen LogP contribution in [0.2, 0.25) is 0 Å². The summed E-state index contributed by atoms with van der Waals surface area (Å²) in [5.41, 5.74) is 0. The molecule has 1 aromatic rings. The molecular weight excluding hydrogens is 234 g/mol. The van der Waals surface area contributed by atoms with Crippen LogP contribution in [0.1, 0.15) is 26.7 Å². The van der Waals surface area contributed by atoms with Crippen LogP contribution >= 0.6 is 0 Å². The molecule has 0 aromatic carbocycles. The first-order valence-electron chi connectivity index (χ1n) is 6.15. The van der Waals surface area contributed by atoms with Crippen molar-refractivity contribution >= 4 is 11.9 Å². The third-order valence-corrected chi connectivity index (χ3v) is 2.30. The van der Waals surface area contributed by atoms with Gasteiger partial charge in [-0.3, -0.25) is 0 Å². The van der Waals surface area contributed by atoms with Gasteiger partial charge in [-0.05, 0) is 12.8 Å². The summed E-state index contributed by atoms with van der Waals surface area (Å²) in [6.07, 6.45) is 1.24. The number of aliphatic hydroxyl groups excluding tert-OH is 1. The average molecular weight is 255 g/mol. The molecule has 3 N–H and O–H groups in total. The maximum Gasteiger partial charge on any atom is 0.322 e. The van der Waals surface area contributed by atoms with E-state index in [0.717, 1.165) is 13.0 Å². The molecule has 0 saturated heterocycles. The van der Waals surface area contributed by atoms with E-state index >= 15 is 0 Å². The largest absolute Gasteiger partial charge is 0.467 e. The highest BCUT2D eigenvalue weighted by Gasteiger charge is 2.07. The van der Waals surface area contributed by atoms with Crippen molar-refractivity contribution in [3.8, 4) is 6.01 Å². The molecule has 0 aliphatic carbocycles. The fourth-order valence-corrected chi connectivity index (χ4v) is 1.20. The number of aromatic nitrogens is 3. The Bertz CT molecular complexity index is 361. The highest BCUT2D eigenvalue weighted by Crippen LogP contribution is 2.10. The van der Waals surface area contributed by atoms with Crippen LogP contribution in [0.25, 0.3) is 0 Å². The number of nitrogens with zero attached hydrogens (tertiary/aromatic N) is 3. The zero-order valence-electron chi connectivity index (χ0n) is 11.1. The van der Waals surface area contributed by atoms with Gasteiger partial charge in [0.1, 0.15) is 0 Å². The monoisotopic (exact) mass is 255 g/mol. The Morgan fingerprint density at radius 1 is 1.17 bits per heavy atom. The van der Waals surface area contributed by atoms with Crippen molar-refractivity contribution in [2.75, 3.05) is 30.8 Å². The van der Waals surface area contributed by atoms with Gasteiger partial charge >= 0.3 is 6.01 Å². The van der Waals surface area contributed by atoms with Crippen molar-refractivity contribution in [1.29, 1.82) is 0 Å². The quantitative estimate of drug-likeness (QED) is 0.635. The highest BCUT2D eigenvalue weighted by molar-refractivity contribution is 5.35. The van der Waals surface area contributed by atoms with E-state index in [2.05, 4.69) is 32.5 Å². The van der Waals surface area contributed by atoms with Gasteiger partial charge in [0.25, 0.3) is 0 Å². The second-order valence-corrected chi connectivity index (χ2v) is 3.84. The third kappa shape index (κ3) is 4.70. The second-order valence-electron chi connectivity index (χ2n) is 3.84. The van der Waals surface area contributed by atoms with Gasteiger partial charge in [-0.2, -0.15) is 15.0 Å². The van der Waals surface area contributed by atoms with Gasteiger partial charge in [0.05, 0.1) is 13.2 Å². The van der Waals surface area contributed by atoms with Crippen molar-refractivity contribution in [2.45, 2.75) is 32.8 Å². The van der Waals surface area contributed by atoms with Crippen LogP contribution < -0.4 is 15.4 Å². The summed E-state index contributed by atoms with van der Waals surface area (Å²) in [5.74, 6) is 0.866. The van der Waals surface area contributed by atoms with Crippen LogP contribution in [0, 0.1) is 0 Å². The van der Waals surface area contributed by atoms with Gasteiger partial charge in [-0.25, -0.2) is 0 Å². The van der Waals surface area contributed by atoms with Gasteiger partial charge in [-0.15, -0.1) is 0 Å². The minimum absolute atomic E-state index is 0.247. The maximum atomic E-state index is 9.48. The highest BCUT2D eigenvalue weighted by atomic mass is 16.5. The second kappa shape index (κ2) is 7.65. The molecule has 0 amide bonds. The van der Waals surface area contributed by atoms with Crippen LogP contribution in [0.15, 0.2) is 0 Å². The number of anilines is 2. The van der Waals surface area contributed by atoms with Crippen LogP contribution in [-0.4, -0.2) is 46.4 Å². The zero-order valence-corrected chi connectivity index (χ0v) is 11.1. The van der Waals surface area contributed by atoms with Crippen molar-refractivity contribution < 1.29 is 9.84 Å². The van der Waals surface area contributed by atoms with Gasteiger partial charge in [-0.1, -0.05) is 13.8 Å². The molecule has 0 aliphatic heterocycles. The van der Waals surface area contributed by atoms with Crippen LogP contribution in [-0.2, 0) is 0 Å². The molecule has 1 unspecified atom stereocenters. The fourth-order valence-electron chi connectivity index (χ4n) is 1.20. The van der Waals surface area contributed by atoms with E-state index in [4.69, 9.17) is 4.74 Å². The van der Waals surface area contributed by atoms with Crippen molar-refractivity contribution in [3.05, 3.63) is 0 Å². The number of ether oxygens (including phenoxy) is 1. The molecule has 0 fully saturated rings. The maximum absolute atomic E-state index is 9.48. The first-order chi connectivity index (χ1) is 8.69. The minimum Gasteiger partial charge on any atom is -0.467 e. The van der Waals surface area contributed by atoms with E-state index in [1.807, 2.05) is 6.92 Å². The lowest BCUT2D eigenvalue weighted by Gasteiger charge is -2.11. The Balaban J connectivity index is 2.70. The lowest BCUT2D eigenvalue weighted by molar-refractivity contribution is 0.183. The Kier molecular flexibility index (Phi) is 6.13. The van der Waals surface area contributed by atoms with Crippen LogP contribution in [0.3, 0.4) is 0 Å². The number of nitrogens with one attached hydrogen (secondary N) is 2. The number of aliphatic hydroxyl groups is 1. The third-order valence-electron chi connectivity index (χ3n) is 2.30. The molecule has 1 atom stereocenters. The lowest BCUT2D eigenvalue weighted by Crippen LogP contribution is -2.20. The first-order valence-corrected chi connectivity index (χ1v) is 6.15. The average Bonchev–Trinajstić information content (AvgIpc) is 2.42. The molecule has 0 aliphatic rings. The van der Waals surface area contributed by atoms with Gasteiger partial charge < -0.3 is 20.5 Å². The molecular formula is C11H21N5O2. The van der Waals surface area contributed by atoms with Crippen LogP contribution in [0.4, 0.5) is 11.9 Å². The molecule has 18 heavy (non-hydrogen) atoms. The minimum atomic E-state index is -0.417. The van der Waals surface area contributed by atoms with E-state index in [0.29, 0.717) is 24.9 Å². The smallest absolute Gasteiger partial charge is 0.322 e. The molecule has 0 bridgehead atoms.